The molecule has 1 atom stereocenters. The number of aliphatic hydroxyl groups excluding tert-OH is 1. The average Bonchev–Trinajstić information content (AvgIpc) is 2.58. The quantitative estimate of drug-likeness (QED) is 0.865. The summed E-state index contributed by atoms with van der Waals surface area (Å²) < 4.78 is 2.84. The van der Waals surface area contributed by atoms with E-state index < -0.39 is 0 Å². The van der Waals surface area contributed by atoms with Crippen LogP contribution in [0.5, 0.6) is 0 Å². The zero-order valence-corrected chi connectivity index (χ0v) is 9.90. The van der Waals surface area contributed by atoms with Crippen molar-refractivity contribution in [2.75, 3.05) is 6.61 Å². The Bertz CT molecular complexity index is 495. The van der Waals surface area contributed by atoms with E-state index in [0.717, 1.165) is 21.1 Å². The summed E-state index contributed by atoms with van der Waals surface area (Å²) in [4.78, 5) is 4.24. The largest absolute Gasteiger partial charge is 0.394 e. The minimum Gasteiger partial charge on any atom is -0.394 e. The minimum absolute atomic E-state index is 0.0725. The first kappa shape index (κ1) is 10.6. The fraction of sp³-hybridized carbons (Fsp3) is 0.300. The van der Waals surface area contributed by atoms with Gasteiger partial charge in [0.1, 0.15) is 0 Å². The number of benzene rings is 1. The molecule has 0 bridgehead atoms. The third-order valence-corrected chi connectivity index (χ3v) is 3.13. The summed E-state index contributed by atoms with van der Waals surface area (Å²) in [6, 6.07) is 3.50. The van der Waals surface area contributed by atoms with Crippen molar-refractivity contribution in [3.05, 3.63) is 28.5 Å². The zero-order valence-electron chi connectivity index (χ0n) is 8.31. The molecule has 1 unspecified atom stereocenters. The van der Waals surface area contributed by atoms with Gasteiger partial charge in [0, 0.05) is 11.5 Å². The van der Waals surface area contributed by atoms with Crippen LogP contribution in [0.1, 0.15) is 11.6 Å². The molecule has 0 amide bonds. The van der Waals surface area contributed by atoms with E-state index in [1.807, 2.05) is 23.7 Å². The average molecular weight is 270 g/mol. The number of nitrogens with two attached hydrogens (primary N) is 1. The summed E-state index contributed by atoms with van der Waals surface area (Å²) in [7, 11) is 1.94. The maximum Gasteiger partial charge on any atom is 0.0955 e. The van der Waals surface area contributed by atoms with E-state index >= 15 is 0 Å². The van der Waals surface area contributed by atoms with Gasteiger partial charge in [-0.3, -0.25) is 0 Å². The van der Waals surface area contributed by atoms with Crippen LogP contribution in [0.15, 0.2) is 22.9 Å². The van der Waals surface area contributed by atoms with Gasteiger partial charge in [-0.1, -0.05) is 15.9 Å². The molecule has 0 fully saturated rings. The van der Waals surface area contributed by atoms with Gasteiger partial charge in [-0.15, -0.1) is 0 Å². The number of aryl methyl sites for hydroxylation is 1. The van der Waals surface area contributed by atoms with Crippen LogP contribution < -0.4 is 5.73 Å². The maximum absolute atomic E-state index is 9.02. The second-order valence-corrected chi connectivity index (χ2v) is 4.36. The molecule has 1 aromatic heterocycles. The number of rotatable bonds is 2. The Hall–Kier alpha value is -0.910. The zero-order chi connectivity index (χ0) is 11.0. The van der Waals surface area contributed by atoms with Crippen molar-refractivity contribution in [2.45, 2.75) is 6.04 Å². The fourth-order valence-corrected chi connectivity index (χ4v) is 2.17. The molecule has 1 aromatic carbocycles. The van der Waals surface area contributed by atoms with Crippen molar-refractivity contribution in [1.29, 1.82) is 0 Å². The van der Waals surface area contributed by atoms with Crippen molar-refractivity contribution in [1.82, 2.24) is 9.55 Å². The Labute approximate surface area is 95.8 Å². The lowest BCUT2D eigenvalue weighted by Gasteiger charge is -2.10. The Morgan fingerprint density at radius 2 is 2.33 bits per heavy atom. The molecule has 0 spiro atoms. The summed E-state index contributed by atoms with van der Waals surface area (Å²) in [5.41, 5.74) is 8.58. The summed E-state index contributed by atoms with van der Waals surface area (Å²) >= 11 is 3.45. The van der Waals surface area contributed by atoms with E-state index in [1.165, 1.54) is 0 Å². The molecule has 3 N–H and O–H groups in total. The molecule has 4 nitrogen and oxygen atoms in total. The lowest BCUT2D eigenvalue weighted by Crippen LogP contribution is -2.15. The van der Waals surface area contributed by atoms with Gasteiger partial charge >= 0.3 is 0 Å². The smallest absolute Gasteiger partial charge is 0.0955 e. The van der Waals surface area contributed by atoms with Gasteiger partial charge in [0.15, 0.2) is 0 Å². The molecular formula is C10H12BrN3O. The van der Waals surface area contributed by atoms with Crippen molar-refractivity contribution < 1.29 is 5.11 Å². The third kappa shape index (κ3) is 1.78. The Morgan fingerprint density at radius 3 is 3.00 bits per heavy atom. The molecule has 2 rings (SSSR count). The van der Waals surface area contributed by atoms with Crippen LogP contribution in [-0.2, 0) is 7.05 Å². The Kier molecular flexibility index (Phi) is 2.77. The second kappa shape index (κ2) is 3.92. The summed E-state index contributed by atoms with van der Waals surface area (Å²) in [6.07, 6.45) is 1.76. The molecule has 15 heavy (non-hydrogen) atoms. The number of imidazole rings is 1. The van der Waals surface area contributed by atoms with Crippen LogP contribution in [-0.4, -0.2) is 21.3 Å². The topological polar surface area (TPSA) is 64.1 Å². The molecule has 0 saturated heterocycles. The molecule has 0 radical (unpaired) electrons. The van der Waals surface area contributed by atoms with Gasteiger partial charge in [0.25, 0.3) is 0 Å². The van der Waals surface area contributed by atoms with Crippen molar-refractivity contribution >= 4 is 27.0 Å². The van der Waals surface area contributed by atoms with Crippen LogP contribution >= 0.6 is 15.9 Å². The highest BCUT2D eigenvalue weighted by Crippen LogP contribution is 2.27. The number of aliphatic hydroxyl groups is 1. The lowest BCUT2D eigenvalue weighted by molar-refractivity contribution is 0.267. The number of fused-ring (bicyclic) bond motifs is 1. The van der Waals surface area contributed by atoms with Crippen LogP contribution in [0.4, 0.5) is 0 Å². The normalized spacial score (nSPS) is 13.3. The first-order valence-electron chi connectivity index (χ1n) is 4.60. The van der Waals surface area contributed by atoms with E-state index in [-0.39, 0.29) is 12.6 Å². The summed E-state index contributed by atoms with van der Waals surface area (Å²) in [6.45, 7) is -0.0725. The van der Waals surface area contributed by atoms with E-state index in [1.54, 1.807) is 6.33 Å². The van der Waals surface area contributed by atoms with Gasteiger partial charge in [-0.2, -0.15) is 0 Å². The first-order valence-corrected chi connectivity index (χ1v) is 5.39. The molecule has 0 aliphatic carbocycles. The molecular weight excluding hydrogens is 258 g/mol. The maximum atomic E-state index is 9.02. The SMILES string of the molecule is Cn1cnc2cc(C(N)CO)c(Br)cc21. The number of nitrogens with zero attached hydrogens (tertiary/aromatic N) is 2. The molecule has 5 heteroatoms. The molecule has 0 aliphatic heterocycles. The van der Waals surface area contributed by atoms with Crippen LogP contribution in [0, 0.1) is 0 Å². The molecule has 0 saturated carbocycles. The third-order valence-electron chi connectivity index (χ3n) is 2.44. The van der Waals surface area contributed by atoms with Gasteiger partial charge < -0.3 is 15.4 Å². The van der Waals surface area contributed by atoms with E-state index in [0.29, 0.717) is 0 Å². The Morgan fingerprint density at radius 1 is 1.60 bits per heavy atom. The van der Waals surface area contributed by atoms with Crippen molar-refractivity contribution in [3.63, 3.8) is 0 Å². The van der Waals surface area contributed by atoms with Crippen LogP contribution in [0.25, 0.3) is 11.0 Å². The van der Waals surface area contributed by atoms with Gasteiger partial charge in [0.2, 0.25) is 0 Å². The van der Waals surface area contributed by atoms with Crippen LogP contribution in [0.2, 0.25) is 0 Å². The first-order chi connectivity index (χ1) is 7.13. The molecule has 2 aromatic rings. The van der Waals surface area contributed by atoms with Crippen molar-refractivity contribution in [2.24, 2.45) is 12.8 Å². The summed E-state index contributed by atoms with van der Waals surface area (Å²) in [5, 5.41) is 9.02. The van der Waals surface area contributed by atoms with E-state index in [9.17, 15) is 0 Å². The molecule has 0 aliphatic rings. The Balaban J connectivity index is 2.63. The van der Waals surface area contributed by atoms with E-state index in [4.69, 9.17) is 10.8 Å². The predicted octanol–water partition coefficient (Wildman–Crippen LogP) is 1.33. The highest BCUT2D eigenvalue weighted by Gasteiger charge is 2.11. The molecule has 80 valence electrons. The molecule has 1 heterocycles. The van der Waals surface area contributed by atoms with Gasteiger partial charge in [-0.05, 0) is 17.7 Å². The van der Waals surface area contributed by atoms with Gasteiger partial charge in [0.05, 0.1) is 30.0 Å². The summed E-state index contributed by atoms with van der Waals surface area (Å²) in [5.74, 6) is 0. The lowest BCUT2D eigenvalue weighted by atomic mass is 10.1. The highest BCUT2D eigenvalue weighted by molar-refractivity contribution is 9.10. The standard InChI is InChI=1S/C10H12BrN3O/c1-14-5-13-9-2-6(8(12)4-15)7(11)3-10(9)14/h2-3,5,8,15H,4,12H2,1H3. The van der Waals surface area contributed by atoms with E-state index in [2.05, 4.69) is 20.9 Å². The van der Waals surface area contributed by atoms with Crippen LogP contribution in [0.3, 0.4) is 0 Å². The van der Waals surface area contributed by atoms with Crippen molar-refractivity contribution in [3.8, 4) is 0 Å². The highest BCUT2D eigenvalue weighted by atomic mass is 79.9. The minimum atomic E-state index is -0.370. The number of halogens is 1. The number of hydrogen-bond donors (Lipinski definition) is 2. The number of hydrogen-bond acceptors (Lipinski definition) is 3. The number of aromatic nitrogens is 2. The predicted molar refractivity (Wildman–Crippen MR) is 62.4 cm³/mol. The monoisotopic (exact) mass is 269 g/mol. The fourth-order valence-electron chi connectivity index (χ4n) is 1.55. The second-order valence-electron chi connectivity index (χ2n) is 3.51. The van der Waals surface area contributed by atoms with Gasteiger partial charge in [-0.25, -0.2) is 4.98 Å².